The lowest BCUT2D eigenvalue weighted by atomic mass is 10.1. The SMILES string of the molecule is COc1ccc(-c2cc(C(F)(F)F)c(C#N)c(SC(C)C(=O)O)n2)cc1. The molecule has 0 saturated heterocycles. The van der Waals surface area contributed by atoms with Crippen molar-refractivity contribution in [2.24, 2.45) is 0 Å². The van der Waals surface area contributed by atoms with Crippen molar-refractivity contribution >= 4 is 17.7 Å². The molecule has 0 amide bonds. The van der Waals surface area contributed by atoms with Gasteiger partial charge in [-0.05, 0) is 37.3 Å². The van der Waals surface area contributed by atoms with Gasteiger partial charge in [0, 0.05) is 5.56 Å². The summed E-state index contributed by atoms with van der Waals surface area (Å²) >= 11 is 0.592. The summed E-state index contributed by atoms with van der Waals surface area (Å²) in [7, 11) is 1.46. The molecule has 1 aromatic carbocycles. The number of aliphatic carboxylic acids is 1. The number of carboxylic acids is 1. The van der Waals surface area contributed by atoms with Gasteiger partial charge in [-0.1, -0.05) is 11.8 Å². The van der Waals surface area contributed by atoms with Crippen LogP contribution in [0.25, 0.3) is 11.3 Å². The second kappa shape index (κ2) is 7.66. The number of methoxy groups -OCH3 is 1. The molecule has 1 N–H and O–H groups in total. The zero-order valence-corrected chi connectivity index (χ0v) is 14.5. The van der Waals surface area contributed by atoms with E-state index in [1.165, 1.54) is 32.2 Å². The maximum Gasteiger partial charge on any atom is 0.417 e. The van der Waals surface area contributed by atoms with Gasteiger partial charge in [0.1, 0.15) is 22.1 Å². The van der Waals surface area contributed by atoms with Crippen molar-refractivity contribution in [1.82, 2.24) is 4.98 Å². The second-order valence-corrected chi connectivity index (χ2v) is 6.50. The number of nitriles is 1. The quantitative estimate of drug-likeness (QED) is 0.780. The standard InChI is InChI=1S/C17H13F3N2O3S/c1-9(16(23)24)26-15-12(8-21)13(17(18,19)20)7-14(22-15)10-3-5-11(25-2)6-4-10/h3-7,9H,1-2H3,(H,23,24). The van der Waals surface area contributed by atoms with E-state index in [9.17, 15) is 23.2 Å². The Morgan fingerprint density at radius 3 is 2.42 bits per heavy atom. The number of rotatable bonds is 5. The molecule has 0 aliphatic carbocycles. The van der Waals surface area contributed by atoms with Gasteiger partial charge in [-0.3, -0.25) is 4.79 Å². The fraction of sp³-hybridized carbons (Fsp3) is 0.235. The zero-order chi connectivity index (χ0) is 19.5. The molecule has 9 heteroatoms. The maximum atomic E-state index is 13.4. The molecule has 0 radical (unpaired) electrons. The number of carbonyl (C=O) groups is 1. The third-order valence-corrected chi connectivity index (χ3v) is 4.50. The third kappa shape index (κ3) is 4.26. The van der Waals surface area contributed by atoms with Crippen LogP contribution in [-0.2, 0) is 11.0 Å². The minimum Gasteiger partial charge on any atom is -0.497 e. The lowest BCUT2D eigenvalue weighted by Crippen LogP contribution is -2.14. The van der Waals surface area contributed by atoms with E-state index in [0.717, 1.165) is 6.07 Å². The predicted octanol–water partition coefficient (Wildman–Crippen LogP) is 4.21. The van der Waals surface area contributed by atoms with Crippen molar-refractivity contribution in [3.05, 3.63) is 41.5 Å². The molecule has 5 nitrogen and oxygen atoms in total. The number of hydrogen-bond acceptors (Lipinski definition) is 5. The highest BCUT2D eigenvalue weighted by Crippen LogP contribution is 2.39. The topological polar surface area (TPSA) is 83.2 Å². The van der Waals surface area contributed by atoms with Crippen molar-refractivity contribution < 1.29 is 27.8 Å². The molecule has 1 atom stereocenters. The van der Waals surface area contributed by atoms with Crippen molar-refractivity contribution in [2.45, 2.75) is 23.4 Å². The molecule has 0 saturated carbocycles. The first-order valence-electron chi connectivity index (χ1n) is 7.23. The Hall–Kier alpha value is -2.73. The average molecular weight is 382 g/mol. The number of carboxylic acid groups (broad SMARTS) is 1. The van der Waals surface area contributed by atoms with Gasteiger partial charge in [0.2, 0.25) is 0 Å². The first kappa shape index (κ1) is 19.6. The van der Waals surface area contributed by atoms with Gasteiger partial charge in [0.05, 0.1) is 23.9 Å². The van der Waals surface area contributed by atoms with Crippen LogP contribution in [0, 0.1) is 11.3 Å². The minimum absolute atomic E-state index is 0.0148. The number of alkyl halides is 3. The summed E-state index contributed by atoms with van der Waals surface area (Å²) in [6.07, 6.45) is -4.78. The van der Waals surface area contributed by atoms with Gasteiger partial charge in [0.25, 0.3) is 0 Å². The van der Waals surface area contributed by atoms with Crippen molar-refractivity contribution in [3.63, 3.8) is 0 Å². The van der Waals surface area contributed by atoms with Crippen LogP contribution >= 0.6 is 11.8 Å². The normalized spacial score (nSPS) is 12.3. The predicted molar refractivity (Wildman–Crippen MR) is 88.9 cm³/mol. The van der Waals surface area contributed by atoms with Gasteiger partial charge < -0.3 is 9.84 Å². The molecular weight excluding hydrogens is 369 g/mol. The molecule has 0 aliphatic rings. The van der Waals surface area contributed by atoms with Gasteiger partial charge >= 0.3 is 12.1 Å². The van der Waals surface area contributed by atoms with Gasteiger partial charge in [-0.2, -0.15) is 18.4 Å². The van der Waals surface area contributed by atoms with Crippen LogP contribution in [0.5, 0.6) is 5.75 Å². The summed E-state index contributed by atoms with van der Waals surface area (Å²) in [6, 6.07) is 8.47. The molecule has 2 rings (SSSR count). The number of benzene rings is 1. The fourth-order valence-corrected chi connectivity index (χ4v) is 2.93. The van der Waals surface area contributed by atoms with Crippen LogP contribution in [0.2, 0.25) is 0 Å². The maximum absolute atomic E-state index is 13.4. The van der Waals surface area contributed by atoms with E-state index in [4.69, 9.17) is 9.84 Å². The Bertz CT molecular complexity index is 861. The van der Waals surface area contributed by atoms with Crippen LogP contribution in [0.3, 0.4) is 0 Å². The van der Waals surface area contributed by atoms with E-state index in [1.54, 1.807) is 12.1 Å². The van der Waals surface area contributed by atoms with E-state index in [-0.39, 0.29) is 10.7 Å². The molecule has 1 heterocycles. The smallest absolute Gasteiger partial charge is 0.417 e. The molecule has 0 spiro atoms. The van der Waals surface area contributed by atoms with Gasteiger partial charge in [-0.15, -0.1) is 0 Å². The molecule has 1 aromatic heterocycles. The van der Waals surface area contributed by atoms with Crippen LogP contribution in [0.4, 0.5) is 13.2 Å². The summed E-state index contributed by atoms with van der Waals surface area (Å²) in [4.78, 5) is 15.1. The summed E-state index contributed by atoms with van der Waals surface area (Å²) in [6.45, 7) is 1.31. The Kier molecular flexibility index (Phi) is 5.77. The Labute approximate surface area is 151 Å². The van der Waals surface area contributed by atoms with Crippen molar-refractivity contribution in [3.8, 4) is 23.1 Å². The van der Waals surface area contributed by atoms with Crippen molar-refractivity contribution in [2.75, 3.05) is 7.11 Å². The highest BCUT2D eigenvalue weighted by atomic mass is 32.2. The number of ether oxygens (including phenoxy) is 1. The van der Waals surface area contributed by atoms with E-state index in [2.05, 4.69) is 4.98 Å². The molecule has 136 valence electrons. The number of halogens is 3. The first-order valence-corrected chi connectivity index (χ1v) is 8.11. The van der Waals surface area contributed by atoms with E-state index >= 15 is 0 Å². The molecule has 2 aromatic rings. The van der Waals surface area contributed by atoms with Crippen LogP contribution < -0.4 is 4.74 Å². The largest absolute Gasteiger partial charge is 0.497 e. The Balaban J connectivity index is 2.65. The highest BCUT2D eigenvalue weighted by molar-refractivity contribution is 8.00. The zero-order valence-electron chi connectivity index (χ0n) is 13.7. The van der Waals surface area contributed by atoms with E-state index in [0.29, 0.717) is 23.1 Å². The lowest BCUT2D eigenvalue weighted by Gasteiger charge is -2.15. The lowest BCUT2D eigenvalue weighted by molar-refractivity contribution is -0.138. The number of nitrogens with zero attached hydrogens (tertiary/aromatic N) is 2. The number of hydrogen-bond donors (Lipinski definition) is 1. The summed E-state index contributed by atoms with van der Waals surface area (Å²) in [5.74, 6) is -0.698. The van der Waals surface area contributed by atoms with E-state index in [1.807, 2.05) is 0 Å². The minimum atomic E-state index is -4.78. The molecular formula is C17H13F3N2O3S. The second-order valence-electron chi connectivity index (χ2n) is 5.17. The highest BCUT2D eigenvalue weighted by Gasteiger charge is 2.36. The molecule has 26 heavy (non-hydrogen) atoms. The summed E-state index contributed by atoms with van der Waals surface area (Å²) in [5.41, 5.74) is -1.47. The molecule has 0 aliphatic heterocycles. The fourth-order valence-electron chi connectivity index (χ4n) is 2.07. The van der Waals surface area contributed by atoms with Crippen LogP contribution in [-0.4, -0.2) is 28.4 Å². The molecule has 0 bridgehead atoms. The van der Waals surface area contributed by atoms with Gasteiger partial charge in [0.15, 0.2) is 0 Å². The van der Waals surface area contributed by atoms with Gasteiger partial charge in [-0.25, -0.2) is 4.98 Å². The Morgan fingerprint density at radius 1 is 1.35 bits per heavy atom. The number of aromatic nitrogens is 1. The molecule has 0 fully saturated rings. The monoisotopic (exact) mass is 382 g/mol. The van der Waals surface area contributed by atoms with Crippen molar-refractivity contribution in [1.29, 1.82) is 5.26 Å². The summed E-state index contributed by atoms with van der Waals surface area (Å²) < 4.78 is 45.2. The molecule has 1 unspecified atom stereocenters. The van der Waals surface area contributed by atoms with E-state index < -0.39 is 28.5 Å². The third-order valence-electron chi connectivity index (χ3n) is 3.43. The average Bonchev–Trinajstić information content (AvgIpc) is 2.60. The number of thioether (sulfide) groups is 1. The Morgan fingerprint density at radius 2 is 1.96 bits per heavy atom. The summed E-state index contributed by atoms with van der Waals surface area (Å²) in [5, 5.41) is 16.8. The van der Waals surface area contributed by atoms with Crippen LogP contribution in [0.1, 0.15) is 18.1 Å². The first-order chi connectivity index (χ1) is 12.2. The number of pyridine rings is 1. The van der Waals surface area contributed by atoms with Crippen LogP contribution in [0.15, 0.2) is 35.4 Å².